The summed E-state index contributed by atoms with van der Waals surface area (Å²) in [6.45, 7) is 6.31. The Kier molecular flexibility index (Phi) is 6.64. The smallest absolute Gasteiger partial charge is 0.140 e. The molecule has 0 radical (unpaired) electrons. The molecule has 5 nitrogen and oxygen atoms in total. The highest BCUT2D eigenvalue weighted by Crippen LogP contribution is 2.06. The summed E-state index contributed by atoms with van der Waals surface area (Å²) in [6, 6.07) is 5.88. The highest BCUT2D eigenvalue weighted by atomic mass is 15.3. The highest BCUT2D eigenvalue weighted by molar-refractivity contribution is 5.33. The molecule has 0 saturated carbocycles. The van der Waals surface area contributed by atoms with E-state index in [2.05, 4.69) is 41.2 Å². The molecule has 0 saturated heterocycles. The molecular weight excluding hydrogens is 226 g/mol. The monoisotopic (exact) mass is 251 g/mol. The largest absolute Gasteiger partial charge is 0.309 e. The molecule has 0 aliphatic heterocycles. The summed E-state index contributed by atoms with van der Waals surface area (Å²) in [5.74, 6) is 6.08. The van der Waals surface area contributed by atoms with Crippen LogP contribution in [-0.2, 0) is 6.54 Å². The summed E-state index contributed by atoms with van der Waals surface area (Å²) >= 11 is 0. The maximum Gasteiger partial charge on any atom is 0.140 e. The second kappa shape index (κ2) is 8.02. The van der Waals surface area contributed by atoms with E-state index in [1.54, 1.807) is 0 Å². The Morgan fingerprint density at radius 1 is 1.28 bits per heavy atom. The summed E-state index contributed by atoms with van der Waals surface area (Å²) in [5.41, 5.74) is 3.63. The summed E-state index contributed by atoms with van der Waals surface area (Å²) in [6.07, 6.45) is 1.18. The minimum absolute atomic E-state index is 0.719. The van der Waals surface area contributed by atoms with Crippen LogP contribution in [0.4, 0.5) is 5.82 Å². The molecule has 0 aliphatic rings. The Labute approximate surface area is 110 Å². The predicted molar refractivity (Wildman–Crippen MR) is 76.2 cm³/mol. The topological polar surface area (TPSA) is 57.4 Å². The minimum Gasteiger partial charge on any atom is -0.309 e. The lowest BCUT2D eigenvalue weighted by Crippen LogP contribution is -2.27. The average molecular weight is 251 g/mol. The zero-order chi connectivity index (χ0) is 13.4. The minimum atomic E-state index is 0.719. The number of nitrogens with zero attached hydrogens (tertiary/aromatic N) is 3. The van der Waals surface area contributed by atoms with E-state index in [0.29, 0.717) is 0 Å². The quantitative estimate of drug-likeness (QED) is 0.536. The van der Waals surface area contributed by atoms with Gasteiger partial charge in [-0.1, -0.05) is 13.0 Å². The Morgan fingerprint density at radius 2 is 2.06 bits per heavy atom. The van der Waals surface area contributed by atoms with Crippen LogP contribution in [0.1, 0.15) is 19.0 Å². The van der Waals surface area contributed by atoms with Crippen molar-refractivity contribution in [2.75, 3.05) is 39.2 Å². The van der Waals surface area contributed by atoms with Crippen molar-refractivity contribution in [1.29, 1.82) is 0 Å². The third-order valence-corrected chi connectivity index (χ3v) is 2.87. The van der Waals surface area contributed by atoms with Gasteiger partial charge in [-0.05, 0) is 52.3 Å². The number of nitrogens with two attached hydrogens (primary N) is 1. The van der Waals surface area contributed by atoms with Crippen LogP contribution in [-0.4, -0.2) is 48.5 Å². The fourth-order valence-corrected chi connectivity index (χ4v) is 1.84. The van der Waals surface area contributed by atoms with Crippen LogP contribution < -0.4 is 11.3 Å². The third-order valence-electron chi connectivity index (χ3n) is 2.87. The van der Waals surface area contributed by atoms with E-state index in [4.69, 9.17) is 5.84 Å². The average Bonchev–Trinajstić information content (AvgIpc) is 2.37. The first-order valence-electron chi connectivity index (χ1n) is 6.45. The normalized spacial score (nSPS) is 11.2. The number of nitrogens with one attached hydrogen (secondary N) is 1. The van der Waals surface area contributed by atoms with E-state index >= 15 is 0 Å². The number of pyridine rings is 1. The first kappa shape index (κ1) is 14.9. The SMILES string of the molecule is CCN(CCCN(C)C)Cc1cccc(NN)n1. The number of aromatic nitrogens is 1. The van der Waals surface area contributed by atoms with Crippen LogP contribution >= 0.6 is 0 Å². The molecule has 5 heteroatoms. The van der Waals surface area contributed by atoms with Gasteiger partial charge in [0.25, 0.3) is 0 Å². The fraction of sp³-hybridized carbons (Fsp3) is 0.615. The number of rotatable bonds is 8. The second-order valence-electron chi connectivity index (χ2n) is 4.68. The van der Waals surface area contributed by atoms with E-state index in [1.165, 1.54) is 6.42 Å². The van der Waals surface area contributed by atoms with E-state index in [0.717, 1.165) is 37.7 Å². The number of hydrogen-bond acceptors (Lipinski definition) is 5. The summed E-state index contributed by atoms with van der Waals surface area (Å²) in [5, 5.41) is 0. The van der Waals surface area contributed by atoms with E-state index in [-0.39, 0.29) is 0 Å². The first-order valence-corrected chi connectivity index (χ1v) is 6.45. The summed E-state index contributed by atoms with van der Waals surface area (Å²) in [4.78, 5) is 9.04. The van der Waals surface area contributed by atoms with Crippen LogP contribution in [0.25, 0.3) is 0 Å². The standard InChI is InChI=1S/C13H25N5/c1-4-18(10-6-9-17(2)3)11-12-7-5-8-13(15-12)16-14/h5,7-8H,4,6,9-11,14H2,1-3H3,(H,15,16). The summed E-state index contributed by atoms with van der Waals surface area (Å²) < 4.78 is 0. The van der Waals surface area contributed by atoms with Crippen molar-refractivity contribution in [1.82, 2.24) is 14.8 Å². The Balaban J connectivity index is 2.46. The Bertz CT molecular complexity index is 340. The molecule has 0 spiro atoms. The van der Waals surface area contributed by atoms with Crippen LogP contribution in [0.2, 0.25) is 0 Å². The first-order chi connectivity index (χ1) is 8.65. The van der Waals surface area contributed by atoms with E-state index in [1.807, 2.05) is 18.2 Å². The molecule has 102 valence electrons. The van der Waals surface area contributed by atoms with Gasteiger partial charge < -0.3 is 10.3 Å². The molecule has 0 unspecified atom stereocenters. The van der Waals surface area contributed by atoms with Gasteiger partial charge in [0.2, 0.25) is 0 Å². The molecule has 3 N–H and O–H groups in total. The van der Waals surface area contributed by atoms with Crippen molar-refractivity contribution in [3.05, 3.63) is 23.9 Å². The molecule has 1 rings (SSSR count). The third kappa shape index (κ3) is 5.44. The zero-order valence-corrected chi connectivity index (χ0v) is 11.7. The lowest BCUT2D eigenvalue weighted by molar-refractivity contribution is 0.257. The molecule has 0 aromatic carbocycles. The van der Waals surface area contributed by atoms with Crippen LogP contribution in [0.15, 0.2) is 18.2 Å². The zero-order valence-electron chi connectivity index (χ0n) is 11.7. The lowest BCUT2D eigenvalue weighted by atomic mass is 10.3. The predicted octanol–water partition coefficient (Wildman–Crippen LogP) is 1.14. The van der Waals surface area contributed by atoms with Gasteiger partial charge >= 0.3 is 0 Å². The van der Waals surface area contributed by atoms with E-state index in [9.17, 15) is 0 Å². The molecule has 18 heavy (non-hydrogen) atoms. The van der Waals surface area contributed by atoms with Gasteiger partial charge in [0.05, 0.1) is 5.69 Å². The molecule has 1 heterocycles. The summed E-state index contributed by atoms with van der Waals surface area (Å²) in [7, 11) is 4.21. The van der Waals surface area contributed by atoms with Gasteiger partial charge in [-0.15, -0.1) is 0 Å². The Morgan fingerprint density at radius 3 is 2.67 bits per heavy atom. The molecule has 0 atom stereocenters. The van der Waals surface area contributed by atoms with Gasteiger partial charge in [-0.2, -0.15) is 0 Å². The van der Waals surface area contributed by atoms with Gasteiger partial charge in [0, 0.05) is 6.54 Å². The van der Waals surface area contributed by atoms with Crippen molar-refractivity contribution >= 4 is 5.82 Å². The molecule has 0 fully saturated rings. The second-order valence-corrected chi connectivity index (χ2v) is 4.68. The number of hydrogen-bond donors (Lipinski definition) is 2. The van der Waals surface area contributed by atoms with Gasteiger partial charge in [-0.3, -0.25) is 4.90 Å². The molecule has 1 aromatic rings. The molecule has 0 aliphatic carbocycles. The molecule has 0 amide bonds. The number of hydrazine groups is 1. The van der Waals surface area contributed by atoms with Crippen LogP contribution in [0.3, 0.4) is 0 Å². The van der Waals surface area contributed by atoms with Crippen molar-refractivity contribution in [3.8, 4) is 0 Å². The van der Waals surface area contributed by atoms with Gasteiger partial charge in [0.15, 0.2) is 0 Å². The number of anilines is 1. The van der Waals surface area contributed by atoms with Gasteiger partial charge in [0.1, 0.15) is 5.82 Å². The lowest BCUT2D eigenvalue weighted by Gasteiger charge is -2.21. The van der Waals surface area contributed by atoms with Crippen molar-refractivity contribution in [2.24, 2.45) is 5.84 Å². The van der Waals surface area contributed by atoms with Crippen LogP contribution in [0, 0.1) is 0 Å². The molecule has 1 aromatic heterocycles. The highest BCUT2D eigenvalue weighted by Gasteiger charge is 2.05. The van der Waals surface area contributed by atoms with Crippen LogP contribution in [0.5, 0.6) is 0 Å². The maximum atomic E-state index is 5.36. The number of nitrogen functional groups attached to an aromatic ring is 1. The van der Waals surface area contributed by atoms with Crippen molar-refractivity contribution < 1.29 is 0 Å². The Hall–Kier alpha value is -1.17. The van der Waals surface area contributed by atoms with E-state index < -0.39 is 0 Å². The van der Waals surface area contributed by atoms with Gasteiger partial charge in [-0.25, -0.2) is 10.8 Å². The maximum absolute atomic E-state index is 5.36. The van der Waals surface area contributed by atoms with Crippen molar-refractivity contribution in [2.45, 2.75) is 19.9 Å². The fourth-order valence-electron chi connectivity index (χ4n) is 1.84. The molecule has 0 bridgehead atoms. The van der Waals surface area contributed by atoms with Crippen molar-refractivity contribution in [3.63, 3.8) is 0 Å². The molecular formula is C13H25N5.